The number of aromatic amines is 1. The molecule has 31 heavy (non-hydrogen) atoms. The van der Waals surface area contributed by atoms with Crippen molar-refractivity contribution in [3.8, 4) is 6.07 Å². The molecule has 0 saturated heterocycles. The number of rotatable bonds is 7. The standard InChI is InChI=1S/C21H21N5O4S/c1-2-30-21(27)18-12-24-20-17(6-7-23-20)19(18)25-14-9-15(10-14)26-31(28,29)16-5-3-4-13(8-16)11-22/h3-8,12,14-15,26H,2,9-10H2,1H3,(H2,23,24,25)/t14-,15+. The monoisotopic (exact) mass is 439 g/mol. The van der Waals surface area contributed by atoms with Crippen LogP contribution in [0.1, 0.15) is 35.7 Å². The van der Waals surface area contributed by atoms with E-state index in [4.69, 9.17) is 10.00 Å². The number of aromatic nitrogens is 2. The molecule has 1 aromatic carbocycles. The lowest BCUT2D eigenvalue weighted by Crippen LogP contribution is -2.49. The highest BCUT2D eigenvalue weighted by molar-refractivity contribution is 7.89. The molecule has 4 rings (SSSR count). The Morgan fingerprint density at radius 2 is 2.13 bits per heavy atom. The van der Waals surface area contributed by atoms with E-state index in [1.165, 1.54) is 18.3 Å². The first kappa shape index (κ1) is 20.8. The SMILES string of the molecule is CCOC(=O)c1cnc2[nH]ccc2c1N[C@H]1C[C@@H](NS(=O)(=O)c2cccc(C#N)c2)C1. The van der Waals surface area contributed by atoms with Crippen LogP contribution in [0.15, 0.2) is 47.6 Å². The minimum atomic E-state index is -3.72. The highest BCUT2D eigenvalue weighted by atomic mass is 32.2. The fraction of sp³-hybridized carbons (Fsp3) is 0.286. The lowest BCUT2D eigenvalue weighted by molar-refractivity contribution is 0.0527. The molecular weight excluding hydrogens is 418 g/mol. The third kappa shape index (κ3) is 4.23. The molecule has 9 nitrogen and oxygen atoms in total. The van der Waals surface area contributed by atoms with E-state index in [1.807, 2.05) is 12.1 Å². The van der Waals surface area contributed by atoms with Crippen molar-refractivity contribution in [1.29, 1.82) is 5.26 Å². The Hall–Kier alpha value is -3.42. The first-order chi connectivity index (χ1) is 14.9. The number of sulfonamides is 1. The number of nitriles is 1. The number of pyridine rings is 1. The molecular formula is C21H21N5O4S. The summed E-state index contributed by atoms with van der Waals surface area (Å²) in [6.45, 7) is 1.99. The molecule has 0 radical (unpaired) electrons. The van der Waals surface area contributed by atoms with Crippen molar-refractivity contribution in [3.63, 3.8) is 0 Å². The number of ether oxygens (including phenoxy) is 1. The third-order valence-corrected chi connectivity index (χ3v) is 6.68. The molecule has 0 unspecified atom stereocenters. The fourth-order valence-corrected chi connectivity index (χ4v) is 4.89. The second kappa shape index (κ2) is 8.37. The van der Waals surface area contributed by atoms with Crippen LogP contribution in [0.3, 0.4) is 0 Å². The normalized spacial score (nSPS) is 18.2. The van der Waals surface area contributed by atoms with Crippen LogP contribution in [0.4, 0.5) is 5.69 Å². The first-order valence-corrected chi connectivity index (χ1v) is 11.3. The molecule has 0 amide bonds. The van der Waals surface area contributed by atoms with Crippen molar-refractivity contribution in [2.45, 2.75) is 36.7 Å². The van der Waals surface area contributed by atoms with Crippen LogP contribution in [0, 0.1) is 11.3 Å². The van der Waals surface area contributed by atoms with Crippen LogP contribution in [0.25, 0.3) is 11.0 Å². The first-order valence-electron chi connectivity index (χ1n) is 9.83. The highest BCUT2D eigenvalue weighted by Crippen LogP contribution is 2.32. The summed E-state index contributed by atoms with van der Waals surface area (Å²) >= 11 is 0. The van der Waals surface area contributed by atoms with Gasteiger partial charge in [-0.15, -0.1) is 0 Å². The van der Waals surface area contributed by atoms with Crippen LogP contribution in [0.2, 0.25) is 0 Å². The van der Waals surface area contributed by atoms with Crippen LogP contribution >= 0.6 is 0 Å². The van der Waals surface area contributed by atoms with Crippen LogP contribution < -0.4 is 10.0 Å². The summed E-state index contributed by atoms with van der Waals surface area (Å²) in [5, 5.41) is 13.1. The van der Waals surface area contributed by atoms with Crippen molar-refractivity contribution < 1.29 is 17.9 Å². The van der Waals surface area contributed by atoms with Gasteiger partial charge < -0.3 is 15.0 Å². The van der Waals surface area contributed by atoms with Gasteiger partial charge in [0.2, 0.25) is 10.0 Å². The second-order valence-electron chi connectivity index (χ2n) is 7.28. The zero-order valence-corrected chi connectivity index (χ0v) is 17.6. The molecule has 160 valence electrons. The summed E-state index contributed by atoms with van der Waals surface area (Å²) < 4.78 is 33.0. The Labute approximate surface area is 179 Å². The minimum absolute atomic E-state index is 0.0215. The zero-order chi connectivity index (χ0) is 22.0. The van der Waals surface area contributed by atoms with Crippen molar-refractivity contribution in [3.05, 3.63) is 53.9 Å². The summed E-state index contributed by atoms with van der Waals surface area (Å²) in [5.74, 6) is -0.463. The predicted octanol–water partition coefficient (Wildman–Crippen LogP) is 2.53. The summed E-state index contributed by atoms with van der Waals surface area (Å²) in [6.07, 6.45) is 4.31. The molecule has 2 aromatic heterocycles. The molecule has 0 bridgehead atoms. The van der Waals surface area contributed by atoms with Gasteiger partial charge in [0.15, 0.2) is 0 Å². The predicted molar refractivity (Wildman–Crippen MR) is 114 cm³/mol. The van der Waals surface area contributed by atoms with Gasteiger partial charge in [0.05, 0.1) is 28.8 Å². The van der Waals surface area contributed by atoms with Gasteiger partial charge >= 0.3 is 5.97 Å². The Bertz CT molecular complexity index is 1270. The van der Waals surface area contributed by atoms with Gasteiger partial charge in [-0.05, 0) is 44.0 Å². The minimum Gasteiger partial charge on any atom is -0.462 e. The number of H-pyrrole nitrogens is 1. The van der Waals surface area contributed by atoms with Gasteiger partial charge in [0.1, 0.15) is 11.2 Å². The summed E-state index contributed by atoms with van der Waals surface area (Å²) in [6, 6.07) is 9.41. The molecule has 10 heteroatoms. The van der Waals surface area contributed by atoms with E-state index >= 15 is 0 Å². The lowest BCUT2D eigenvalue weighted by Gasteiger charge is -2.37. The average Bonchev–Trinajstić information content (AvgIpc) is 3.21. The van der Waals surface area contributed by atoms with Gasteiger partial charge in [0.25, 0.3) is 0 Å². The van der Waals surface area contributed by atoms with E-state index in [9.17, 15) is 13.2 Å². The van der Waals surface area contributed by atoms with E-state index in [0.29, 0.717) is 29.7 Å². The number of esters is 1. The fourth-order valence-electron chi connectivity index (χ4n) is 3.58. The molecule has 0 aliphatic heterocycles. The van der Waals surface area contributed by atoms with Gasteiger partial charge in [-0.25, -0.2) is 22.9 Å². The van der Waals surface area contributed by atoms with Crippen molar-refractivity contribution >= 4 is 32.7 Å². The number of nitrogens with one attached hydrogen (secondary N) is 3. The quantitative estimate of drug-likeness (QED) is 0.481. The van der Waals surface area contributed by atoms with Gasteiger partial charge in [0, 0.05) is 29.9 Å². The second-order valence-corrected chi connectivity index (χ2v) is 8.99. The number of anilines is 1. The largest absolute Gasteiger partial charge is 0.462 e. The number of carbonyl (C=O) groups is 1. The van der Waals surface area contributed by atoms with E-state index < -0.39 is 16.0 Å². The summed E-state index contributed by atoms with van der Waals surface area (Å²) in [4.78, 5) is 19.7. The molecule has 1 aliphatic carbocycles. The zero-order valence-electron chi connectivity index (χ0n) is 16.8. The number of benzene rings is 1. The maximum Gasteiger partial charge on any atom is 0.341 e. The average molecular weight is 439 g/mol. The van der Waals surface area contributed by atoms with Crippen molar-refractivity contribution in [1.82, 2.24) is 14.7 Å². The van der Waals surface area contributed by atoms with Gasteiger partial charge in [-0.1, -0.05) is 6.07 Å². The van der Waals surface area contributed by atoms with E-state index in [-0.39, 0.29) is 29.1 Å². The molecule has 1 saturated carbocycles. The van der Waals surface area contributed by atoms with Crippen molar-refractivity contribution in [2.24, 2.45) is 0 Å². The molecule has 1 aliphatic rings. The van der Waals surface area contributed by atoms with Gasteiger partial charge in [-0.3, -0.25) is 0 Å². The molecule has 0 atom stereocenters. The summed E-state index contributed by atoms with van der Waals surface area (Å²) in [7, 11) is -3.72. The smallest absolute Gasteiger partial charge is 0.341 e. The molecule has 3 N–H and O–H groups in total. The topological polar surface area (TPSA) is 137 Å². The van der Waals surface area contributed by atoms with E-state index in [1.54, 1.807) is 25.3 Å². The molecule has 2 heterocycles. The van der Waals surface area contributed by atoms with E-state index in [0.717, 1.165) is 5.39 Å². The molecule has 1 fully saturated rings. The number of nitrogens with zero attached hydrogens (tertiary/aromatic N) is 2. The lowest BCUT2D eigenvalue weighted by atomic mass is 9.87. The van der Waals surface area contributed by atoms with Gasteiger partial charge in [-0.2, -0.15) is 5.26 Å². The van der Waals surface area contributed by atoms with Crippen molar-refractivity contribution in [2.75, 3.05) is 11.9 Å². The highest BCUT2D eigenvalue weighted by Gasteiger charge is 2.34. The number of fused-ring (bicyclic) bond motifs is 1. The van der Waals surface area contributed by atoms with Crippen LogP contribution in [0.5, 0.6) is 0 Å². The maximum absolute atomic E-state index is 12.6. The number of hydrogen-bond donors (Lipinski definition) is 3. The summed E-state index contributed by atoms with van der Waals surface area (Å²) in [5.41, 5.74) is 1.89. The van der Waals surface area contributed by atoms with Crippen LogP contribution in [-0.2, 0) is 14.8 Å². The number of hydrogen-bond acceptors (Lipinski definition) is 7. The Morgan fingerprint density at radius 1 is 1.32 bits per heavy atom. The molecule has 3 aromatic rings. The number of carbonyl (C=O) groups excluding carboxylic acids is 1. The van der Waals surface area contributed by atoms with E-state index in [2.05, 4.69) is 20.0 Å². The Morgan fingerprint density at radius 3 is 2.87 bits per heavy atom. The third-order valence-electron chi connectivity index (χ3n) is 5.16. The Kier molecular flexibility index (Phi) is 5.63. The molecule has 0 spiro atoms. The maximum atomic E-state index is 12.6. The Balaban J connectivity index is 1.46. The van der Waals surface area contributed by atoms with Crippen LogP contribution in [-0.4, -0.2) is 43.0 Å².